The number of nitrogens with one attached hydrogen (secondary N) is 2. The fraction of sp³-hybridized carbons (Fsp3) is 0.214. The van der Waals surface area contributed by atoms with Gasteiger partial charge in [0, 0.05) is 29.3 Å². The van der Waals surface area contributed by atoms with Crippen LogP contribution in [0.25, 0.3) is 0 Å². The Kier molecular flexibility index (Phi) is 4.41. The monoisotopic (exact) mass is 275 g/mol. The van der Waals surface area contributed by atoms with Gasteiger partial charge < -0.3 is 16.4 Å². The summed E-state index contributed by atoms with van der Waals surface area (Å²) in [4.78, 5) is 13.2. The van der Waals surface area contributed by atoms with E-state index >= 15 is 0 Å². The second-order valence-electron chi connectivity index (χ2n) is 4.10. The molecule has 0 unspecified atom stereocenters. The summed E-state index contributed by atoms with van der Waals surface area (Å²) in [6, 6.07) is 9.33. The predicted molar refractivity (Wildman–Crippen MR) is 80.5 cm³/mol. The first kappa shape index (κ1) is 13.4. The number of nitrogen functional groups attached to an aromatic ring is 1. The number of anilines is 2. The van der Waals surface area contributed by atoms with Crippen molar-refractivity contribution in [1.82, 2.24) is 5.32 Å². The summed E-state index contributed by atoms with van der Waals surface area (Å²) in [5.74, 6) is -0.0869. The first-order valence-corrected chi connectivity index (χ1v) is 7.02. The van der Waals surface area contributed by atoms with E-state index in [1.54, 1.807) is 29.5 Å². The highest BCUT2D eigenvalue weighted by atomic mass is 32.1. The van der Waals surface area contributed by atoms with Gasteiger partial charge in [0.05, 0.1) is 5.56 Å². The number of benzene rings is 1. The van der Waals surface area contributed by atoms with E-state index in [0.29, 0.717) is 24.3 Å². The summed E-state index contributed by atoms with van der Waals surface area (Å²) >= 11 is 1.68. The van der Waals surface area contributed by atoms with Crippen molar-refractivity contribution in [2.45, 2.75) is 13.5 Å². The molecule has 0 spiro atoms. The lowest BCUT2D eigenvalue weighted by atomic mass is 10.1. The molecule has 1 heterocycles. The Balaban J connectivity index is 2.17. The van der Waals surface area contributed by atoms with Crippen LogP contribution in [0.3, 0.4) is 0 Å². The normalized spacial score (nSPS) is 10.2. The van der Waals surface area contributed by atoms with Crippen LogP contribution < -0.4 is 16.4 Å². The van der Waals surface area contributed by atoms with Gasteiger partial charge in [-0.25, -0.2) is 0 Å². The maximum absolute atomic E-state index is 11.9. The van der Waals surface area contributed by atoms with Crippen molar-refractivity contribution in [3.63, 3.8) is 0 Å². The molecule has 2 aromatic rings. The van der Waals surface area contributed by atoms with Gasteiger partial charge in [0.2, 0.25) is 0 Å². The van der Waals surface area contributed by atoms with E-state index in [2.05, 4.69) is 16.7 Å². The Labute approximate surface area is 116 Å². The number of thiophene rings is 1. The van der Waals surface area contributed by atoms with Crippen molar-refractivity contribution >= 4 is 28.6 Å². The molecule has 0 aliphatic carbocycles. The van der Waals surface area contributed by atoms with Gasteiger partial charge >= 0.3 is 0 Å². The molecule has 0 atom stereocenters. The summed E-state index contributed by atoms with van der Waals surface area (Å²) in [5, 5.41) is 8.09. The molecule has 1 aromatic heterocycles. The summed E-state index contributed by atoms with van der Waals surface area (Å²) in [5.41, 5.74) is 7.80. The number of amides is 1. The quantitative estimate of drug-likeness (QED) is 0.735. The minimum absolute atomic E-state index is 0.0869. The van der Waals surface area contributed by atoms with E-state index in [4.69, 9.17) is 5.73 Å². The molecule has 0 saturated carbocycles. The SMILES string of the molecule is CCNC(=O)c1ccc(N)cc1NCc1cccs1. The fourth-order valence-electron chi connectivity index (χ4n) is 1.76. The van der Waals surface area contributed by atoms with Crippen molar-refractivity contribution in [3.8, 4) is 0 Å². The Morgan fingerprint density at radius 2 is 2.21 bits per heavy atom. The zero-order valence-corrected chi connectivity index (χ0v) is 11.6. The topological polar surface area (TPSA) is 67.2 Å². The number of carbonyl (C=O) groups is 1. The molecule has 1 aromatic carbocycles. The van der Waals surface area contributed by atoms with Gasteiger partial charge in [0.15, 0.2) is 0 Å². The number of hydrogen-bond donors (Lipinski definition) is 3. The summed E-state index contributed by atoms with van der Waals surface area (Å²) in [7, 11) is 0. The second kappa shape index (κ2) is 6.24. The first-order chi connectivity index (χ1) is 9.20. The van der Waals surface area contributed by atoms with Crippen molar-refractivity contribution in [3.05, 3.63) is 46.2 Å². The van der Waals surface area contributed by atoms with E-state index in [1.807, 2.05) is 18.4 Å². The molecule has 100 valence electrons. The van der Waals surface area contributed by atoms with Crippen LogP contribution in [0.2, 0.25) is 0 Å². The average molecular weight is 275 g/mol. The lowest BCUT2D eigenvalue weighted by Crippen LogP contribution is -2.23. The number of hydrogen-bond acceptors (Lipinski definition) is 4. The van der Waals surface area contributed by atoms with Gasteiger partial charge in [-0.15, -0.1) is 11.3 Å². The molecule has 4 N–H and O–H groups in total. The van der Waals surface area contributed by atoms with Gasteiger partial charge in [0.1, 0.15) is 0 Å². The van der Waals surface area contributed by atoms with Gasteiger partial charge in [-0.2, -0.15) is 0 Å². The lowest BCUT2D eigenvalue weighted by molar-refractivity contribution is 0.0956. The third-order valence-electron chi connectivity index (χ3n) is 2.66. The van der Waals surface area contributed by atoms with Gasteiger partial charge in [-0.3, -0.25) is 4.79 Å². The van der Waals surface area contributed by atoms with Crippen molar-refractivity contribution in [1.29, 1.82) is 0 Å². The molecular weight excluding hydrogens is 258 g/mol. The van der Waals surface area contributed by atoms with E-state index in [1.165, 1.54) is 4.88 Å². The summed E-state index contributed by atoms with van der Waals surface area (Å²) < 4.78 is 0. The van der Waals surface area contributed by atoms with E-state index in [0.717, 1.165) is 5.69 Å². The standard InChI is InChI=1S/C14H17N3OS/c1-2-16-14(18)12-6-5-10(15)8-13(12)17-9-11-4-3-7-19-11/h3-8,17H,2,9,15H2,1H3,(H,16,18). The number of nitrogens with two attached hydrogens (primary N) is 1. The first-order valence-electron chi connectivity index (χ1n) is 6.14. The minimum atomic E-state index is -0.0869. The van der Waals surface area contributed by atoms with Crippen LogP contribution in [0.4, 0.5) is 11.4 Å². The Morgan fingerprint density at radius 1 is 1.37 bits per heavy atom. The highest BCUT2D eigenvalue weighted by Crippen LogP contribution is 2.21. The van der Waals surface area contributed by atoms with E-state index in [9.17, 15) is 4.79 Å². The Bertz CT molecular complexity index is 552. The molecule has 1 amide bonds. The zero-order valence-electron chi connectivity index (χ0n) is 10.8. The predicted octanol–water partition coefficient (Wildman–Crippen LogP) is 2.69. The average Bonchev–Trinajstić information content (AvgIpc) is 2.89. The molecule has 0 fully saturated rings. The molecule has 0 saturated heterocycles. The summed E-state index contributed by atoms with van der Waals surface area (Å²) in [6.45, 7) is 3.19. The molecule has 0 radical (unpaired) electrons. The fourth-order valence-corrected chi connectivity index (χ4v) is 2.40. The molecule has 0 bridgehead atoms. The van der Waals surface area contributed by atoms with Crippen LogP contribution in [0.1, 0.15) is 22.2 Å². The highest BCUT2D eigenvalue weighted by molar-refractivity contribution is 7.09. The van der Waals surface area contributed by atoms with Gasteiger partial charge in [-0.05, 0) is 36.6 Å². The summed E-state index contributed by atoms with van der Waals surface area (Å²) in [6.07, 6.45) is 0. The molecule has 0 aliphatic heterocycles. The smallest absolute Gasteiger partial charge is 0.253 e. The van der Waals surface area contributed by atoms with Gasteiger partial charge in [0.25, 0.3) is 5.91 Å². The minimum Gasteiger partial charge on any atom is -0.399 e. The molecule has 2 rings (SSSR count). The van der Waals surface area contributed by atoms with Crippen molar-refractivity contribution in [2.75, 3.05) is 17.6 Å². The highest BCUT2D eigenvalue weighted by Gasteiger charge is 2.10. The second-order valence-corrected chi connectivity index (χ2v) is 5.13. The van der Waals surface area contributed by atoms with Crippen LogP contribution in [0.5, 0.6) is 0 Å². The van der Waals surface area contributed by atoms with E-state index < -0.39 is 0 Å². The maximum atomic E-state index is 11.9. The van der Waals surface area contributed by atoms with Crippen molar-refractivity contribution < 1.29 is 4.79 Å². The molecule has 0 aliphatic rings. The molecule has 19 heavy (non-hydrogen) atoms. The largest absolute Gasteiger partial charge is 0.399 e. The van der Waals surface area contributed by atoms with Crippen LogP contribution in [-0.4, -0.2) is 12.5 Å². The van der Waals surface area contributed by atoms with E-state index in [-0.39, 0.29) is 5.91 Å². The van der Waals surface area contributed by atoms with Crippen LogP contribution in [-0.2, 0) is 6.54 Å². The Morgan fingerprint density at radius 3 is 2.89 bits per heavy atom. The molecule has 4 nitrogen and oxygen atoms in total. The third-order valence-corrected chi connectivity index (χ3v) is 3.54. The zero-order chi connectivity index (χ0) is 13.7. The molecule has 5 heteroatoms. The molecular formula is C14H17N3OS. The van der Waals surface area contributed by atoms with Crippen molar-refractivity contribution in [2.24, 2.45) is 0 Å². The van der Waals surface area contributed by atoms with Crippen LogP contribution in [0, 0.1) is 0 Å². The maximum Gasteiger partial charge on any atom is 0.253 e. The third kappa shape index (κ3) is 3.48. The number of rotatable bonds is 5. The lowest BCUT2D eigenvalue weighted by Gasteiger charge is -2.12. The van der Waals surface area contributed by atoms with Gasteiger partial charge in [-0.1, -0.05) is 6.07 Å². The van der Waals surface area contributed by atoms with Crippen LogP contribution >= 0.6 is 11.3 Å². The Hall–Kier alpha value is -2.01. The number of carbonyl (C=O) groups excluding carboxylic acids is 1. The van der Waals surface area contributed by atoms with Crippen LogP contribution in [0.15, 0.2) is 35.7 Å².